The summed E-state index contributed by atoms with van der Waals surface area (Å²) in [5.74, 6) is 0.314. The molecule has 0 bridgehead atoms. The van der Waals surface area contributed by atoms with Crippen LogP contribution in [0.5, 0.6) is 0 Å². The van der Waals surface area contributed by atoms with Crippen LogP contribution < -0.4 is 10.6 Å². The van der Waals surface area contributed by atoms with E-state index < -0.39 is 0 Å². The highest BCUT2D eigenvalue weighted by Gasteiger charge is 2.22. The van der Waals surface area contributed by atoms with Gasteiger partial charge in [0, 0.05) is 30.1 Å². The molecule has 5 heteroatoms. The van der Waals surface area contributed by atoms with Gasteiger partial charge < -0.3 is 20.0 Å². The Morgan fingerprint density at radius 3 is 2.95 bits per heavy atom. The molecule has 1 aromatic carbocycles. The maximum Gasteiger partial charge on any atom is 0.287 e. The molecule has 1 atom stereocenters. The lowest BCUT2D eigenvalue weighted by molar-refractivity contribution is 0.0922. The van der Waals surface area contributed by atoms with E-state index in [1.807, 2.05) is 43.3 Å². The zero-order valence-corrected chi connectivity index (χ0v) is 13.2. The standard InChI is InChI=1S/C17H23N3O2/c1-20(2)11-14-13-7-3-4-8-15(13)22-16(14)17(21)19-10-12-6-5-9-18-12/h3-4,7-8,12,18H,5-6,9-11H2,1-2H3,(H,19,21). The van der Waals surface area contributed by atoms with Crippen LogP contribution in [0.2, 0.25) is 0 Å². The number of nitrogens with one attached hydrogen (secondary N) is 2. The number of hydrogen-bond acceptors (Lipinski definition) is 4. The molecule has 0 aliphatic carbocycles. The molecule has 2 N–H and O–H groups in total. The lowest BCUT2D eigenvalue weighted by Crippen LogP contribution is -2.37. The van der Waals surface area contributed by atoms with E-state index in [2.05, 4.69) is 10.6 Å². The molecule has 3 rings (SSSR count). The smallest absolute Gasteiger partial charge is 0.287 e. The number of benzene rings is 1. The van der Waals surface area contributed by atoms with Crippen LogP contribution in [0.25, 0.3) is 11.0 Å². The van der Waals surface area contributed by atoms with Gasteiger partial charge in [-0.15, -0.1) is 0 Å². The van der Waals surface area contributed by atoms with Crippen LogP contribution in [0.4, 0.5) is 0 Å². The molecular weight excluding hydrogens is 278 g/mol. The van der Waals surface area contributed by atoms with Gasteiger partial charge in [0.1, 0.15) is 5.58 Å². The van der Waals surface area contributed by atoms with Crippen LogP contribution in [0.3, 0.4) is 0 Å². The van der Waals surface area contributed by atoms with Gasteiger partial charge in [-0.2, -0.15) is 0 Å². The molecule has 1 aliphatic heterocycles. The number of furan rings is 1. The first-order chi connectivity index (χ1) is 10.6. The molecule has 1 fully saturated rings. The summed E-state index contributed by atoms with van der Waals surface area (Å²) in [5.41, 5.74) is 1.72. The highest BCUT2D eigenvalue weighted by Crippen LogP contribution is 2.26. The molecule has 0 saturated carbocycles. The first-order valence-corrected chi connectivity index (χ1v) is 7.82. The third-order valence-electron chi connectivity index (χ3n) is 4.05. The van der Waals surface area contributed by atoms with Crippen molar-refractivity contribution >= 4 is 16.9 Å². The molecule has 1 saturated heterocycles. The number of para-hydroxylation sites is 1. The number of carbonyl (C=O) groups excluding carboxylic acids is 1. The summed E-state index contributed by atoms with van der Waals surface area (Å²) in [7, 11) is 3.98. The fourth-order valence-electron chi connectivity index (χ4n) is 2.98. The molecule has 22 heavy (non-hydrogen) atoms. The zero-order chi connectivity index (χ0) is 15.5. The Balaban J connectivity index is 1.82. The van der Waals surface area contributed by atoms with Gasteiger partial charge in [-0.3, -0.25) is 4.79 Å². The molecule has 1 unspecified atom stereocenters. The monoisotopic (exact) mass is 301 g/mol. The Hall–Kier alpha value is -1.85. The van der Waals surface area contributed by atoms with E-state index in [4.69, 9.17) is 4.42 Å². The molecule has 5 nitrogen and oxygen atoms in total. The van der Waals surface area contributed by atoms with Gasteiger partial charge in [0.25, 0.3) is 5.91 Å². The van der Waals surface area contributed by atoms with E-state index in [1.165, 1.54) is 6.42 Å². The Morgan fingerprint density at radius 2 is 2.23 bits per heavy atom. The molecule has 1 aromatic heterocycles. The summed E-state index contributed by atoms with van der Waals surface area (Å²) in [6.45, 7) is 2.37. The zero-order valence-electron chi connectivity index (χ0n) is 13.2. The van der Waals surface area contributed by atoms with Crippen molar-refractivity contribution in [3.63, 3.8) is 0 Å². The molecule has 118 valence electrons. The predicted molar refractivity (Wildman–Crippen MR) is 87.0 cm³/mol. The van der Waals surface area contributed by atoms with Crippen LogP contribution in [-0.2, 0) is 6.54 Å². The van der Waals surface area contributed by atoms with E-state index in [-0.39, 0.29) is 5.91 Å². The van der Waals surface area contributed by atoms with Crippen LogP contribution in [-0.4, -0.2) is 44.0 Å². The Bertz CT molecular complexity index is 657. The average molecular weight is 301 g/mol. The van der Waals surface area contributed by atoms with Crippen molar-refractivity contribution in [1.29, 1.82) is 0 Å². The molecular formula is C17H23N3O2. The minimum absolute atomic E-state index is 0.123. The molecule has 2 aromatic rings. The number of rotatable bonds is 5. The quantitative estimate of drug-likeness (QED) is 0.886. The summed E-state index contributed by atoms with van der Waals surface area (Å²) in [6, 6.07) is 8.19. The minimum Gasteiger partial charge on any atom is -0.451 e. The average Bonchev–Trinajstić information content (AvgIpc) is 3.13. The van der Waals surface area contributed by atoms with Crippen LogP contribution in [0.1, 0.15) is 29.0 Å². The SMILES string of the molecule is CN(C)Cc1c(C(=O)NCC2CCCN2)oc2ccccc12. The number of amides is 1. The van der Waals surface area contributed by atoms with Crippen molar-refractivity contribution in [2.45, 2.75) is 25.4 Å². The summed E-state index contributed by atoms with van der Waals surface area (Å²) in [4.78, 5) is 14.6. The summed E-state index contributed by atoms with van der Waals surface area (Å²) >= 11 is 0. The second kappa shape index (κ2) is 6.50. The van der Waals surface area contributed by atoms with Crippen molar-refractivity contribution in [1.82, 2.24) is 15.5 Å². The highest BCUT2D eigenvalue weighted by molar-refractivity contribution is 5.99. The van der Waals surface area contributed by atoms with E-state index in [0.29, 0.717) is 24.9 Å². The fraction of sp³-hybridized carbons (Fsp3) is 0.471. The molecule has 0 spiro atoms. The Labute approximate surface area is 130 Å². The Morgan fingerprint density at radius 1 is 1.41 bits per heavy atom. The van der Waals surface area contributed by atoms with Crippen LogP contribution in [0, 0.1) is 0 Å². The van der Waals surface area contributed by atoms with Crippen molar-refractivity contribution in [2.75, 3.05) is 27.2 Å². The highest BCUT2D eigenvalue weighted by atomic mass is 16.3. The second-order valence-corrected chi connectivity index (χ2v) is 6.15. The van der Waals surface area contributed by atoms with E-state index in [1.54, 1.807) is 0 Å². The number of fused-ring (bicyclic) bond motifs is 1. The van der Waals surface area contributed by atoms with E-state index in [9.17, 15) is 4.79 Å². The molecule has 2 heterocycles. The second-order valence-electron chi connectivity index (χ2n) is 6.15. The summed E-state index contributed by atoms with van der Waals surface area (Å²) in [6.07, 6.45) is 2.29. The third kappa shape index (κ3) is 3.15. The lowest BCUT2D eigenvalue weighted by atomic mass is 10.1. The Kier molecular flexibility index (Phi) is 4.45. The first-order valence-electron chi connectivity index (χ1n) is 7.82. The topological polar surface area (TPSA) is 57.5 Å². The number of hydrogen-bond donors (Lipinski definition) is 2. The van der Waals surface area contributed by atoms with Gasteiger partial charge in [-0.05, 0) is 39.5 Å². The predicted octanol–water partition coefficient (Wildman–Crippen LogP) is 1.98. The lowest BCUT2D eigenvalue weighted by Gasteiger charge is -2.12. The molecule has 1 amide bonds. The van der Waals surface area contributed by atoms with Gasteiger partial charge in [0.05, 0.1) is 0 Å². The molecule has 1 aliphatic rings. The number of carbonyl (C=O) groups is 1. The first kappa shape index (κ1) is 15.1. The van der Waals surface area contributed by atoms with Gasteiger partial charge in [-0.1, -0.05) is 18.2 Å². The third-order valence-corrected chi connectivity index (χ3v) is 4.05. The summed E-state index contributed by atoms with van der Waals surface area (Å²) in [5, 5.41) is 7.40. The van der Waals surface area contributed by atoms with Gasteiger partial charge in [-0.25, -0.2) is 0 Å². The van der Waals surface area contributed by atoms with E-state index >= 15 is 0 Å². The number of nitrogens with zero attached hydrogens (tertiary/aromatic N) is 1. The fourth-order valence-corrected chi connectivity index (χ4v) is 2.98. The van der Waals surface area contributed by atoms with E-state index in [0.717, 1.165) is 29.5 Å². The van der Waals surface area contributed by atoms with Gasteiger partial charge in [0.15, 0.2) is 5.76 Å². The van der Waals surface area contributed by atoms with Crippen molar-refractivity contribution in [3.8, 4) is 0 Å². The van der Waals surface area contributed by atoms with Crippen LogP contribution in [0.15, 0.2) is 28.7 Å². The van der Waals surface area contributed by atoms with Crippen molar-refractivity contribution in [2.24, 2.45) is 0 Å². The van der Waals surface area contributed by atoms with Gasteiger partial charge in [0.2, 0.25) is 0 Å². The van der Waals surface area contributed by atoms with Crippen molar-refractivity contribution in [3.05, 3.63) is 35.6 Å². The maximum absolute atomic E-state index is 12.5. The minimum atomic E-state index is -0.123. The van der Waals surface area contributed by atoms with Crippen molar-refractivity contribution < 1.29 is 9.21 Å². The van der Waals surface area contributed by atoms with Crippen LogP contribution >= 0.6 is 0 Å². The largest absolute Gasteiger partial charge is 0.451 e. The molecule has 0 radical (unpaired) electrons. The van der Waals surface area contributed by atoms with Gasteiger partial charge >= 0.3 is 0 Å². The maximum atomic E-state index is 12.5. The summed E-state index contributed by atoms with van der Waals surface area (Å²) < 4.78 is 5.82. The normalized spacial score (nSPS) is 18.2.